The van der Waals surface area contributed by atoms with Gasteiger partial charge < -0.3 is 15.1 Å². The second-order valence-corrected chi connectivity index (χ2v) is 11.5. The first-order valence-electron chi connectivity index (χ1n) is 12.5. The second kappa shape index (κ2) is 8.57. The molecule has 1 aromatic heterocycles. The van der Waals surface area contributed by atoms with Gasteiger partial charge in [0.15, 0.2) is 0 Å². The SMILES string of the molecule is Cc1cc(Nc2ncnc3cc(Br)cc(N4CCC5(CC4)CC5)c23)cc(N2CCC(F)(F)CC2)c1. The summed E-state index contributed by atoms with van der Waals surface area (Å²) < 4.78 is 28.4. The fourth-order valence-electron chi connectivity index (χ4n) is 5.63. The molecule has 8 heteroatoms. The Morgan fingerprint density at radius 1 is 0.857 bits per heavy atom. The Hall–Kier alpha value is -2.48. The van der Waals surface area contributed by atoms with Gasteiger partial charge in [0.05, 0.1) is 16.6 Å². The van der Waals surface area contributed by atoms with Crippen LogP contribution in [0.3, 0.4) is 0 Å². The third kappa shape index (κ3) is 4.69. The molecular formula is C27H30BrF2N5. The number of nitrogens with zero attached hydrogens (tertiary/aromatic N) is 4. The summed E-state index contributed by atoms with van der Waals surface area (Å²) in [5, 5.41) is 4.56. The summed E-state index contributed by atoms with van der Waals surface area (Å²) in [7, 11) is 0. The number of hydrogen-bond acceptors (Lipinski definition) is 5. The van der Waals surface area contributed by atoms with E-state index in [0.29, 0.717) is 18.5 Å². The van der Waals surface area contributed by atoms with Gasteiger partial charge in [-0.25, -0.2) is 18.7 Å². The van der Waals surface area contributed by atoms with Gasteiger partial charge in [-0.1, -0.05) is 15.9 Å². The summed E-state index contributed by atoms with van der Waals surface area (Å²) in [6, 6.07) is 10.4. The minimum Gasteiger partial charge on any atom is -0.371 e. The van der Waals surface area contributed by atoms with Crippen molar-refractivity contribution in [3.05, 3.63) is 46.7 Å². The highest BCUT2D eigenvalue weighted by molar-refractivity contribution is 9.10. The van der Waals surface area contributed by atoms with Crippen LogP contribution in [0.25, 0.3) is 10.9 Å². The molecule has 2 aromatic carbocycles. The molecule has 0 radical (unpaired) electrons. The maximum absolute atomic E-state index is 13.7. The number of nitrogens with one attached hydrogen (secondary N) is 1. The highest BCUT2D eigenvalue weighted by Crippen LogP contribution is 2.54. The van der Waals surface area contributed by atoms with Crippen LogP contribution in [0.2, 0.25) is 0 Å². The molecule has 3 heterocycles. The predicted molar refractivity (Wildman–Crippen MR) is 141 cm³/mol. The highest BCUT2D eigenvalue weighted by atomic mass is 79.9. The van der Waals surface area contributed by atoms with Gasteiger partial charge in [0.1, 0.15) is 12.1 Å². The molecule has 5 nitrogen and oxygen atoms in total. The molecule has 2 aliphatic heterocycles. The third-order valence-corrected chi connectivity index (χ3v) is 8.45. The second-order valence-electron chi connectivity index (χ2n) is 10.6. The monoisotopic (exact) mass is 541 g/mol. The normalized spacial score (nSPS) is 20.9. The molecule has 1 N–H and O–H groups in total. The van der Waals surface area contributed by atoms with Crippen molar-refractivity contribution in [1.29, 1.82) is 0 Å². The van der Waals surface area contributed by atoms with Crippen LogP contribution in [-0.4, -0.2) is 42.1 Å². The van der Waals surface area contributed by atoms with Crippen LogP contribution in [0, 0.1) is 12.3 Å². The smallest absolute Gasteiger partial charge is 0.251 e. The lowest BCUT2D eigenvalue weighted by Crippen LogP contribution is -2.39. The summed E-state index contributed by atoms with van der Waals surface area (Å²) >= 11 is 3.68. The lowest BCUT2D eigenvalue weighted by molar-refractivity contribution is -0.0220. The van der Waals surface area contributed by atoms with E-state index in [0.717, 1.165) is 56.9 Å². The Bertz CT molecular complexity index is 1260. The van der Waals surface area contributed by atoms with Crippen molar-refractivity contribution < 1.29 is 8.78 Å². The molecule has 3 fully saturated rings. The summed E-state index contributed by atoms with van der Waals surface area (Å²) in [6.07, 6.45) is 6.63. The molecule has 184 valence electrons. The zero-order chi connectivity index (χ0) is 24.2. The van der Waals surface area contributed by atoms with Crippen molar-refractivity contribution in [2.45, 2.75) is 51.4 Å². The van der Waals surface area contributed by atoms with E-state index in [9.17, 15) is 8.78 Å². The zero-order valence-electron chi connectivity index (χ0n) is 20.0. The number of halogens is 3. The lowest BCUT2D eigenvalue weighted by Gasteiger charge is -2.35. The van der Waals surface area contributed by atoms with E-state index in [2.05, 4.69) is 59.2 Å². The molecule has 2 saturated heterocycles. The van der Waals surface area contributed by atoms with E-state index >= 15 is 0 Å². The molecule has 35 heavy (non-hydrogen) atoms. The summed E-state index contributed by atoms with van der Waals surface area (Å²) in [6.45, 7) is 4.86. The number of rotatable bonds is 4. The van der Waals surface area contributed by atoms with Gasteiger partial charge in [0, 0.05) is 54.9 Å². The number of fused-ring (bicyclic) bond motifs is 1. The number of alkyl halides is 2. The quantitative estimate of drug-likeness (QED) is 0.383. The lowest BCUT2D eigenvalue weighted by atomic mass is 9.93. The van der Waals surface area contributed by atoms with E-state index in [-0.39, 0.29) is 12.8 Å². The fourth-order valence-corrected chi connectivity index (χ4v) is 6.06. The number of aromatic nitrogens is 2. The molecular weight excluding hydrogens is 512 g/mol. The van der Waals surface area contributed by atoms with E-state index in [4.69, 9.17) is 0 Å². The Morgan fingerprint density at radius 2 is 1.57 bits per heavy atom. The Morgan fingerprint density at radius 3 is 2.29 bits per heavy atom. The van der Waals surface area contributed by atoms with Crippen molar-refractivity contribution >= 4 is 49.7 Å². The van der Waals surface area contributed by atoms with Gasteiger partial charge in [-0.15, -0.1) is 0 Å². The Labute approximate surface area is 213 Å². The van der Waals surface area contributed by atoms with Crippen molar-refractivity contribution in [3.63, 3.8) is 0 Å². The minimum atomic E-state index is -2.56. The van der Waals surface area contributed by atoms with Crippen LogP contribution in [-0.2, 0) is 0 Å². The number of piperidine rings is 2. The molecule has 0 atom stereocenters. The summed E-state index contributed by atoms with van der Waals surface area (Å²) in [5.41, 5.74) is 5.60. The van der Waals surface area contributed by atoms with Crippen molar-refractivity contribution in [2.75, 3.05) is 41.3 Å². The van der Waals surface area contributed by atoms with Gasteiger partial charge in [-0.2, -0.15) is 0 Å². The van der Waals surface area contributed by atoms with Crippen LogP contribution in [0.15, 0.2) is 41.1 Å². The first kappa shape index (κ1) is 23.0. The van der Waals surface area contributed by atoms with Crippen molar-refractivity contribution in [1.82, 2.24) is 9.97 Å². The van der Waals surface area contributed by atoms with Crippen molar-refractivity contribution in [3.8, 4) is 0 Å². The standard InChI is InChI=1S/C27H30BrF2N5/c1-18-12-20(16-21(13-18)34-10-6-27(29,30)7-11-34)33-25-24-22(31-17-32-25)14-19(28)15-23(24)35-8-4-26(2-3-26)5-9-35/h12-17H,2-11H2,1H3,(H,31,32,33). The summed E-state index contributed by atoms with van der Waals surface area (Å²) in [5.74, 6) is -1.79. The molecule has 1 saturated carbocycles. The molecule has 1 aliphatic carbocycles. The summed E-state index contributed by atoms with van der Waals surface area (Å²) in [4.78, 5) is 13.7. The number of benzene rings is 2. The first-order chi connectivity index (χ1) is 16.8. The number of hydrogen-bond donors (Lipinski definition) is 1. The zero-order valence-corrected chi connectivity index (χ0v) is 21.5. The predicted octanol–water partition coefficient (Wildman–Crippen LogP) is 7.06. The molecule has 1 spiro atoms. The average Bonchev–Trinajstić information content (AvgIpc) is 3.57. The molecule has 0 unspecified atom stereocenters. The fraction of sp³-hybridized carbons (Fsp3) is 0.481. The van der Waals surface area contributed by atoms with Crippen LogP contribution < -0.4 is 15.1 Å². The van der Waals surface area contributed by atoms with Crippen LogP contribution in [0.1, 0.15) is 44.1 Å². The van der Waals surface area contributed by atoms with E-state index in [1.165, 1.54) is 25.7 Å². The number of anilines is 4. The van der Waals surface area contributed by atoms with Gasteiger partial charge in [-0.3, -0.25) is 0 Å². The molecule has 6 rings (SSSR count). The Kier molecular flexibility index (Phi) is 5.62. The Balaban J connectivity index is 1.33. The van der Waals surface area contributed by atoms with E-state index in [1.807, 2.05) is 19.1 Å². The van der Waals surface area contributed by atoms with Gasteiger partial charge in [-0.05, 0) is 73.9 Å². The minimum absolute atomic E-state index is 0.102. The largest absolute Gasteiger partial charge is 0.371 e. The molecule has 3 aliphatic rings. The van der Waals surface area contributed by atoms with E-state index < -0.39 is 5.92 Å². The van der Waals surface area contributed by atoms with Crippen molar-refractivity contribution in [2.24, 2.45) is 5.41 Å². The maximum atomic E-state index is 13.7. The van der Waals surface area contributed by atoms with Crippen LogP contribution in [0.4, 0.5) is 31.7 Å². The third-order valence-electron chi connectivity index (χ3n) is 7.99. The maximum Gasteiger partial charge on any atom is 0.251 e. The molecule has 0 bridgehead atoms. The van der Waals surface area contributed by atoms with Gasteiger partial charge >= 0.3 is 0 Å². The number of aryl methyl sites for hydroxylation is 1. The van der Waals surface area contributed by atoms with Gasteiger partial charge in [0.25, 0.3) is 5.92 Å². The van der Waals surface area contributed by atoms with Crippen LogP contribution in [0.5, 0.6) is 0 Å². The average molecular weight is 542 g/mol. The molecule has 3 aromatic rings. The van der Waals surface area contributed by atoms with Crippen LogP contribution >= 0.6 is 15.9 Å². The van der Waals surface area contributed by atoms with Gasteiger partial charge in [0.2, 0.25) is 0 Å². The highest BCUT2D eigenvalue weighted by Gasteiger charge is 2.44. The topological polar surface area (TPSA) is 44.3 Å². The van der Waals surface area contributed by atoms with E-state index in [1.54, 1.807) is 6.33 Å². The first-order valence-corrected chi connectivity index (χ1v) is 13.3. The molecule has 0 amide bonds.